The van der Waals surface area contributed by atoms with Gasteiger partial charge in [0.05, 0.1) is 5.69 Å². The van der Waals surface area contributed by atoms with E-state index in [1.54, 1.807) is 0 Å². The lowest BCUT2D eigenvalue weighted by atomic mass is 10.1. The molecule has 0 fully saturated rings. The van der Waals surface area contributed by atoms with Crippen molar-refractivity contribution in [1.29, 1.82) is 0 Å². The largest absolute Gasteiger partial charge is 0.409 e. The molecule has 1 amide bonds. The van der Waals surface area contributed by atoms with Gasteiger partial charge in [-0.2, -0.15) is 26.3 Å². The van der Waals surface area contributed by atoms with Crippen LogP contribution in [-0.2, 0) is 4.79 Å². The van der Waals surface area contributed by atoms with Crippen molar-refractivity contribution in [2.75, 3.05) is 5.32 Å². The lowest BCUT2D eigenvalue weighted by molar-refractivity contribution is -0.272. The Morgan fingerprint density at radius 3 is 2.20 bits per heavy atom. The molecule has 112 valence electrons. The molecule has 0 saturated carbocycles. The third kappa shape index (κ3) is 4.23. The van der Waals surface area contributed by atoms with E-state index in [9.17, 15) is 31.1 Å². The van der Waals surface area contributed by atoms with E-state index < -0.39 is 35.0 Å². The van der Waals surface area contributed by atoms with Crippen molar-refractivity contribution < 1.29 is 31.1 Å². The van der Waals surface area contributed by atoms with Crippen LogP contribution in [0.5, 0.6) is 0 Å². The van der Waals surface area contributed by atoms with Crippen molar-refractivity contribution >= 4 is 39.1 Å². The number of nitrogens with zero attached hydrogens (tertiary/aromatic N) is 1. The van der Waals surface area contributed by atoms with E-state index >= 15 is 0 Å². The lowest BCUT2D eigenvalue weighted by Gasteiger charge is -2.22. The van der Waals surface area contributed by atoms with Gasteiger partial charge in [0, 0.05) is 10.7 Å². The monoisotopic (exact) mass is 384 g/mol. The molecule has 0 unspecified atom stereocenters. The van der Waals surface area contributed by atoms with Gasteiger partial charge >= 0.3 is 12.4 Å². The zero-order chi connectivity index (χ0) is 15.7. The maximum atomic E-state index is 12.3. The Labute approximate surface area is 121 Å². The highest BCUT2D eigenvalue weighted by Gasteiger charge is 2.61. The number of halogens is 8. The van der Waals surface area contributed by atoms with E-state index in [-0.39, 0.29) is 4.47 Å². The molecule has 0 aromatic carbocycles. The molecule has 0 aliphatic carbocycles. The molecule has 0 saturated heterocycles. The van der Waals surface area contributed by atoms with Crippen LogP contribution in [0.25, 0.3) is 0 Å². The number of anilines is 1. The molecule has 0 radical (unpaired) electrons. The maximum Gasteiger partial charge on any atom is 0.409 e. The molecule has 0 atom stereocenters. The Hall–Kier alpha value is -1.03. The average molecular weight is 385 g/mol. The number of carbonyl (C=O) groups excluding carboxylic acids is 1. The summed E-state index contributed by atoms with van der Waals surface area (Å²) in [6.07, 6.45) is -10.4. The Kier molecular flexibility index (Phi) is 4.90. The molecular weight excluding hydrogens is 381 g/mol. The summed E-state index contributed by atoms with van der Waals surface area (Å²) in [6.45, 7) is 0. The predicted octanol–water partition coefficient (Wildman–Crippen LogP) is 4.18. The number of rotatable bonds is 2. The van der Waals surface area contributed by atoms with Crippen LogP contribution >= 0.6 is 27.5 Å². The first kappa shape index (κ1) is 17.0. The molecule has 20 heavy (non-hydrogen) atoms. The highest BCUT2D eigenvalue weighted by Crippen LogP contribution is 2.40. The Bertz CT molecular complexity index is 504. The fraction of sp³-hybridized carbons (Fsp3) is 0.333. The quantitative estimate of drug-likeness (QED) is 0.613. The summed E-state index contributed by atoms with van der Waals surface area (Å²) < 4.78 is 74.1. The van der Waals surface area contributed by atoms with Gasteiger partial charge in [-0.1, -0.05) is 11.6 Å². The van der Waals surface area contributed by atoms with E-state index in [2.05, 4.69) is 20.9 Å². The minimum atomic E-state index is -5.77. The van der Waals surface area contributed by atoms with Crippen LogP contribution in [0, 0.1) is 5.92 Å². The number of carbonyl (C=O) groups is 1. The molecule has 1 aromatic heterocycles. The standard InChI is InChI=1S/C9H4BrClF6N2O/c10-3-1-4(6(11)18-2-3)19-7(20)5(8(12,13)14)9(15,16)17/h1-2,5H,(H,19,20). The van der Waals surface area contributed by atoms with Crippen molar-refractivity contribution in [3.8, 4) is 0 Å². The summed E-state index contributed by atoms with van der Waals surface area (Å²) in [4.78, 5) is 14.7. The van der Waals surface area contributed by atoms with Crippen LogP contribution in [0.3, 0.4) is 0 Å². The summed E-state index contributed by atoms with van der Waals surface area (Å²) in [6, 6.07) is 1.02. The molecule has 1 aromatic rings. The van der Waals surface area contributed by atoms with Crippen LogP contribution in [0.4, 0.5) is 32.0 Å². The van der Waals surface area contributed by atoms with Crippen molar-refractivity contribution in [2.45, 2.75) is 12.4 Å². The van der Waals surface area contributed by atoms with Crippen LogP contribution in [0.2, 0.25) is 5.15 Å². The molecule has 3 nitrogen and oxygen atoms in total. The first-order valence-electron chi connectivity index (χ1n) is 4.68. The Morgan fingerprint density at radius 2 is 1.75 bits per heavy atom. The minimum absolute atomic E-state index is 0.216. The third-order valence-corrected chi connectivity index (χ3v) is 2.72. The van der Waals surface area contributed by atoms with E-state index in [0.29, 0.717) is 0 Å². The van der Waals surface area contributed by atoms with Crippen LogP contribution in [0.1, 0.15) is 0 Å². The topological polar surface area (TPSA) is 42.0 Å². The highest BCUT2D eigenvalue weighted by atomic mass is 79.9. The number of pyridine rings is 1. The molecule has 0 spiro atoms. The second-order valence-electron chi connectivity index (χ2n) is 3.50. The molecule has 1 heterocycles. The number of hydrogen-bond donors (Lipinski definition) is 1. The first-order valence-corrected chi connectivity index (χ1v) is 5.85. The Balaban J connectivity index is 3.07. The zero-order valence-corrected chi connectivity index (χ0v) is 11.5. The van der Waals surface area contributed by atoms with E-state index in [1.165, 1.54) is 5.32 Å². The fourth-order valence-corrected chi connectivity index (χ4v) is 1.68. The molecule has 1 rings (SSSR count). The summed E-state index contributed by atoms with van der Waals surface area (Å²) in [7, 11) is 0. The van der Waals surface area contributed by atoms with Crippen LogP contribution < -0.4 is 5.32 Å². The third-order valence-electron chi connectivity index (χ3n) is 1.98. The summed E-state index contributed by atoms with van der Waals surface area (Å²) >= 11 is 8.35. The van der Waals surface area contributed by atoms with E-state index in [1.807, 2.05) is 0 Å². The second-order valence-corrected chi connectivity index (χ2v) is 4.77. The summed E-state index contributed by atoms with van der Waals surface area (Å²) in [5, 5.41) is 1.02. The highest BCUT2D eigenvalue weighted by molar-refractivity contribution is 9.10. The number of hydrogen-bond acceptors (Lipinski definition) is 2. The van der Waals surface area contributed by atoms with Gasteiger partial charge in [0.25, 0.3) is 0 Å². The van der Waals surface area contributed by atoms with Gasteiger partial charge in [0.15, 0.2) is 5.15 Å². The van der Waals surface area contributed by atoms with Crippen molar-refractivity contribution in [2.24, 2.45) is 5.92 Å². The predicted molar refractivity (Wildman–Crippen MR) is 61.2 cm³/mol. The fourth-order valence-electron chi connectivity index (χ4n) is 1.20. The SMILES string of the molecule is O=C(Nc1cc(Br)cnc1Cl)C(C(F)(F)F)C(F)(F)F. The lowest BCUT2D eigenvalue weighted by Crippen LogP contribution is -2.45. The van der Waals surface area contributed by atoms with E-state index in [4.69, 9.17) is 11.6 Å². The van der Waals surface area contributed by atoms with Gasteiger partial charge in [-0.3, -0.25) is 4.79 Å². The van der Waals surface area contributed by atoms with Crippen LogP contribution in [-0.4, -0.2) is 23.2 Å². The Morgan fingerprint density at radius 1 is 1.25 bits per heavy atom. The van der Waals surface area contributed by atoms with Crippen molar-refractivity contribution in [3.63, 3.8) is 0 Å². The summed E-state index contributed by atoms with van der Waals surface area (Å²) in [5.74, 6) is -6.43. The van der Waals surface area contributed by atoms with Crippen LogP contribution in [0.15, 0.2) is 16.7 Å². The minimum Gasteiger partial charge on any atom is -0.323 e. The van der Waals surface area contributed by atoms with Gasteiger partial charge < -0.3 is 5.32 Å². The van der Waals surface area contributed by atoms with Gasteiger partial charge in [-0.05, 0) is 22.0 Å². The zero-order valence-electron chi connectivity index (χ0n) is 9.11. The number of alkyl halides is 6. The molecule has 11 heteroatoms. The number of nitrogens with one attached hydrogen (secondary N) is 1. The van der Waals surface area contributed by atoms with Gasteiger partial charge in [-0.15, -0.1) is 0 Å². The number of aromatic nitrogens is 1. The first-order chi connectivity index (χ1) is 8.93. The maximum absolute atomic E-state index is 12.3. The molecule has 0 bridgehead atoms. The number of amides is 1. The molecule has 0 aliphatic heterocycles. The smallest absolute Gasteiger partial charge is 0.323 e. The van der Waals surface area contributed by atoms with Gasteiger partial charge in [0.1, 0.15) is 0 Å². The molecule has 0 aliphatic rings. The van der Waals surface area contributed by atoms with Crippen molar-refractivity contribution in [3.05, 3.63) is 21.9 Å². The average Bonchev–Trinajstić information content (AvgIpc) is 2.18. The van der Waals surface area contributed by atoms with E-state index in [0.717, 1.165) is 12.3 Å². The normalized spacial score (nSPS) is 12.7. The van der Waals surface area contributed by atoms with Crippen molar-refractivity contribution in [1.82, 2.24) is 4.98 Å². The van der Waals surface area contributed by atoms with Gasteiger partial charge in [0.2, 0.25) is 11.8 Å². The van der Waals surface area contributed by atoms with Gasteiger partial charge in [-0.25, -0.2) is 4.98 Å². The summed E-state index contributed by atoms with van der Waals surface area (Å²) in [5.41, 5.74) is -0.468. The second kappa shape index (κ2) is 5.76. The molecular formula is C9H4BrClF6N2O. The molecule has 1 N–H and O–H groups in total.